The Bertz CT molecular complexity index is 1310. The molecule has 0 saturated carbocycles. The van der Waals surface area contributed by atoms with Crippen molar-refractivity contribution < 1.29 is 13.2 Å². The smallest absolute Gasteiger partial charge is 0.330 e. The highest BCUT2D eigenvalue weighted by molar-refractivity contribution is 7.91. The molecule has 0 spiro atoms. The van der Waals surface area contributed by atoms with Crippen LogP contribution in [-0.4, -0.2) is 41.9 Å². The lowest BCUT2D eigenvalue weighted by Crippen LogP contribution is -2.44. The quantitative estimate of drug-likeness (QED) is 0.573. The lowest BCUT2D eigenvalue weighted by atomic mass is 9.97. The number of nitrogens with two attached hydrogens (primary N) is 1. The molecule has 1 aromatic heterocycles. The van der Waals surface area contributed by atoms with Gasteiger partial charge in [0.25, 0.3) is 5.56 Å². The molecule has 1 aromatic carbocycles. The number of H-pyrrole nitrogens is 1. The summed E-state index contributed by atoms with van der Waals surface area (Å²) in [6, 6.07) is 9.18. The van der Waals surface area contributed by atoms with Crippen LogP contribution in [0, 0.1) is 5.92 Å². The normalized spacial score (nSPS) is 19.5. The number of nitrogen functional groups attached to an aromatic ring is 1. The first-order valence-corrected chi connectivity index (χ1v) is 13.4. The van der Waals surface area contributed by atoms with E-state index in [0.717, 1.165) is 31.2 Å². The Kier molecular flexibility index (Phi) is 7.06. The van der Waals surface area contributed by atoms with Crippen LogP contribution in [0.5, 0.6) is 0 Å². The van der Waals surface area contributed by atoms with Crippen molar-refractivity contribution in [3.63, 3.8) is 0 Å². The van der Waals surface area contributed by atoms with Gasteiger partial charge in [0, 0.05) is 6.54 Å². The van der Waals surface area contributed by atoms with Gasteiger partial charge in [0.05, 0.1) is 24.0 Å². The molecule has 182 valence electrons. The number of allylic oxidation sites excluding steroid dienone is 1. The maximum atomic E-state index is 13.5. The number of aromatic nitrogens is 2. The van der Waals surface area contributed by atoms with Gasteiger partial charge in [0.1, 0.15) is 5.82 Å². The van der Waals surface area contributed by atoms with Gasteiger partial charge in [-0.15, -0.1) is 0 Å². The zero-order valence-corrected chi connectivity index (χ0v) is 19.9. The first-order valence-electron chi connectivity index (χ1n) is 11.6. The minimum absolute atomic E-state index is 0.0538. The monoisotopic (exact) mass is 486 g/mol. The van der Waals surface area contributed by atoms with E-state index in [9.17, 15) is 22.8 Å². The largest absolute Gasteiger partial charge is 0.383 e. The van der Waals surface area contributed by atoms with E-state index in [0.29, 0.717) is 6.42 Å². The van der Waals surface area contributed by atoms with Gasteiger partial charge in [0.15, 0.2) is 15.5 Å². The lowest BCUT2D eigenvalue weighted by Gasteiger charge is -2.27. The van der Waals surface area contributed by atoms with E-state index in [1.54, 1.807) is 0 Å². The average Bonchev–Trinajstić information content (AvgIpc) is 3.19. The van der Waals surface area contributed by atoms with Gasteiger partial charge in [-0.1, -0.05) is 42.0 Å². The summed E-state index contributed by atoms with van der Waals surface area (Å²) in [5, 5.41) is 0. The number of sulfone groups is 1. The predicted octanol–water partition coefficient (Wildman–Crippen LogP) is 1.83. The summed E-state index contributed by atoms with van der Waals surface area (Å²) in [4.78, 5) is 42.6. The van der Waals surface area contributed by atoms with E-state index >= 15 is 0 Å². The number of amides is 1. The van der Waals surface area contributed by atoms with E-state index in [1.807, 2.05) is 30.3 Å². The second-order valence-corrected chi connectivity index (χ2v) is 11.2. The molecule has 9 nitrogen and oxygen atoms in total. The molecular formula is C24H30N4O5S. The number of aromatic amines is 1. The molecule has 1 fully saturated rings. The van der Waals surface area contributed by atoms with E-state index in [-0.39, 0.29) is 42.5 Å². The first kappa shape index (κ1) is 24.0. The standard InChI is InChI=1S/C24H30N4O5S/c25-21-20(22(29)26-24(31)28(21)15-18-9-5-2-6-10-18)27(13-11-17-7-3-1-4-8-17)23(30)19-12-14-34(32,33)16-19/h2,5-7,9-10,19H,1,3-4,8,11-16,25H2,(H,26,29,31). The highest BCUT2D eigenvalue weighted by Crippen LogP contribution is 2.27. The van der Waals surface area contributed by atoms with Crippen molar-refractivity contribution >= 4 is 27.2 Å². The van der Waals surface area contributed by atoms with Crippen LogP contribution in [0.3, 0.4) is 0 Å². The summed E-state index contributed by atoms with van der Waals surface area (Å²) in [7, 11) is -3.30. The van der Waals surface area contributed by atoms with Crippen LogP contribution in [0.2, 0.25) is 0 Å². The van der Waals surface area contributed by atoms with Crippen LogP contribution in [0.25, 0.3) is 0 Å². The number of carbonyl (C=O) groups is 1. The fourth-order valence-electron chi connectivity index (χ4n) is 4.69. The number of carbonyl (C=O) groups excluding carboxylic acids is 1. The highest BCUT2D eigenvalue weighted by Gasteiger charge is 2.37. The molecule has 0 bridgehead atoms. The van der Waals surface area contributed by atoms with E-state index in [2.05, 4.69) is 11.1 Å². The molecule has 3 N–H and O–H groups in total. The Labute approximate surface area is 198 Å². The SMILES string of the molecule is Nc1c(N(CCC2=CCCCC2)C(=O)C2CCS(=O)(=O)C2)c(=O)[nH]c(=O)n1Cc1ccccc1. The number of rotatable bonds is 7. The first-order chi connectivity index (χ1) is 16.2. The van der Waals surface area contributed by atoms with Gasteiger partial charge in [-0.2, -0.15) is 0 Å². The van der Waals surface area contributed by atoms with Gasteiger partial charge in [-0.3, -0.25) is 19.1 Å². The van der Waals surface area contributed by atoms with Gasteiger partial charge in [-0.05, 0) is 44.1 Å². The summed E-state index contributed by atoms with van der Waals surface area (Å²) in [6.45, 7) is 0.318. The third kappa shape index (κ3) is 5.32. The lowest BCUT2D eigenvalue weighted by molar-refractivity contribution is -0.121. The number of hydrogen-bond acceptors (Lipinski definition) is 6. The predicted molar refractivity (Wildman–Crippen MR) is 132 cm³/mol. The van der Waals surface area contributed by atoms with E-state index < -0.39 is 32.9 Å². The summed E-state index contributed by atoms with van der Waals surface area (Å²) >= 11 is 0. The third-order valence-corrected chi connectivity index (χ3v) is 8.32. The number of nitrogens with zero attached hydrogens (tertiary/aromatic N) is 2. The topological polar surface area (TPSA) is 135 Å². The zero-order chi connectivity index (χ0) is 24.3. The Hall–Kier alpha value is -3.14. The van der Waals surface area contributed by atoms with Crippen molar-refractivity contribution in [3.05, 3.63) is 68.4 Å². The summed E-state index contributed by atoms with van der Waals surface area (Å²) in [6.07, 6.45) is 7.04. The van der Waals surface area contributed by atoms with Crippen molar-refractivity contribution in [2.24, 2.45) is 5.92 Å². The summed E-state index contributed by atoms with van der Waals surface area (Å²) in [5.41, 5.74) is 6.85. The van der Waals surface area contributed by atoms with Crippen molar-refractivity contribution in [1.82, 2.24) is 9.55 Å². The minimum Gasteiger partial charge on any atom is -0.383 e. The minimum atomic E-state index is -3.30. The zero-order valence-electron chi connectivity index (χ0n) is 19.0. The van der Waals surface area contributed by atoms with Gasteiger partial charge in [-0.25, -0.2) is 13.2 Å². The summed E-state index contributed by atoms with van der Waals surface area (Å²) in [5.74, 6) is -1.59. The van der Waals surface area contributed by atoms with Crippen molar-refractivity contribution in [3.8, 4) is 0 Å². The van der Waals surface area contributed by atoms with Crippen molar-refractivity contribution in [2.75, 3.05) is 28.7 Å². The molecule has 10 heteroatoms. The fraction of sp³-hybridized carbons (Fsp3) is 0.458. The molecule has 1 saturated heterocycles. The number of hydrogen-bond donors (Lipinski definition) is 2. The molecule has 1 atom stereocenters. The molecule has 1 unspecified atom stereocenters. The van der Waals surface area contributed by atoms with Crippen LogP contribution in [0.1, 0.15) is 44.1 Å². The number of nitrogens with one attached hydrogen (secondary N) is 1. The molecule has 2 aliphatic rings. The Morgan fingerprint density at radius 3 is 2.59 bits per heavy atom. The van der Waals surface area contributed by atoms with Gasteiger partial charge >= 0.3 is 5.69 Å². The Balaban J connectivity index is 1.72. The Morgan fingerprint density at radius 1 is 1.18 bits per heavy atom. The molecule has 2 heterocycles. The number of anilines is 2. The van der Waals surface area contributed by atoms with Crippen LogP contribution in [-0.2, 0) is 21.2 Å². The Morgan fingerprint density at radius 2 is 1.94 bits per heavy atom. The van der Waals surface area contributed by atoms with Crippen molar-refractivity contribution in [2.45, 2.75) is 45.1 Å². The highest BCUT2D eigenvalue weighted by atomic mass is 32.2. The second-order valence-electron chi connectivity index (χ2n) is 9.01. The molecule has 34 heavy (non-hydrogen) atoms. The van der Waals surface area contributed by atoms with Crippen LogP contribution >= 0.6 is 0 Å². The molecule has 2 aromatic rings. The molecule has 1 aliphatic heterocycles. The third-order valence-electron chi connectivity index (χ3n) is 6.56. The maximum absolute atomic E-state index is 13.5. The molecule has 1 amide bonds. The van der Waals surface area contributed by atoms with Gasteiger partial charge in [0.2, 0.25) is 5.91 Å². The molecular weight excluding hydrogens is 456 g/mol. The fourth-order valence-corrected chi connectivity index (χ4v) is 6.42. The van der Waals surface area contributed by atoms with Crippen LogP contribution in [0.4, 0.5) is 11.5 Å². The molecule has 4 rings (SSSR count). The van der Waals surface area contributed by atoms with Gasteiger partial charge < -0.3 is 10.6 Å². The van der Waals surface area contributed by atoms with Crippen molar-refractivity contribution in [1.29, 1.82) is 0 Å². The summed E-state index contributed by atoms with van der Waals surface area (Å²) < 4.78 is 25.3. The van der Waals surface area contributed by atoms with Crippen LogP contribution < -0.4 is 21.9 Å². The molecule has 0 radical (unpaired) electrons. The maximum Gasteiger partial charge on any atom is 0.330 e. The van der Waals surface area contributed by atoms with E-state index in [4.69, 9.17) is 5.73 Å². The second kappa shape index (κ2) is 10.0. The van der Waals surface area contributed by atoms with Crippen LogP contribution in [0.15, 0.2) is 51.6 Å². The number of benzene rings is 1. The van der Waals surface area contributed by atoms with E-state index in [1.165, 1.54) is 15.0 Å². The average molecular weight is 487 g/mol. The molecule has 1 aliphatic carbocycles.